The van der Waals surface area contributed by atoms with Crippen LogP contribution in [0.25, 0.3) is 10.8 Å². The molecule has 0 saturated heterocycles. The van der Waals surface area contributed by atoms with Crippen LogP contribution in [0.15, 0.2) is 65.6 Å². The van der Waals surface area contributed by atoms with Gasteiger partial charge in [0.05, 0.1) is 15.5 Å². The van der Waals surface area contributed by atoms with E-state index in [9.17, 15) is 18.5 Å². The number of nitrogens with one attached hydrogen (secondary N) is 1. The summed E-state index contributed by atoms with van der Waals surface area (Å²) < 4.78 is 27.6. The third-order valence-electron chi connectivity index (χ3n) is 3.71. The highest BCUT2D eigenvalue weighted by Gasteiger charge is 2.17. The van der Waals surface area contributed by atoms with E-state index in [-0.39, 0.29) is 16.3 Å². The summed E-state index contributed by atoms with van der Waals surface area (Å²) in [7, 11) is -3.84. The molecule has 0 aromatic heterocycles. The summed E-state index contributed by atoms with van der Waals surface area (Å²) in [5, 5.41) is 12.6. The number of non-ortho nitro benzene ring substituents is 1. The summed E-state index contributed by atoms with van der Waals surface area (Å²) in [6.45, 7) is 1.68. The van der Waals surface area contributed by atoms with Crippen molar-refractivity contribution < 1.29 is 13.3 Å². The first-order valence-corrected chi connectivity index (χ1v) is 8.62. The summed E-state index contributed by atoms with van der Waals surface area (Å²) in [4.78, 5) is 10.4. The lowest BCUT2D eigenvalue weighted by Gasteiger charge is -2.11. The Morgan fingerprint density at radius 3 is 2.38 bits per heavy atom. The molecule has 0 saturated carbocycles. The second kappa shape index (κ2) is 5.93. The van der Waals surface area contributed by atoms with Gasteiger partial charge in [0, 0.05) is 12.1 Å². The Balaban J connectivity index is 2.01. The molecule has 0 atom stereocenters. The van der Waals surface area contributed by atoms with Gasteiger partial charge in [0.2, 0.25) is 0 Å². The van der Waals surface area contributed by atoms with Crippen molar-refractivity contribution in [2.45, 2.75) is 11.8 Å². The lowest BCUT2D eigenvalue weighted by atomic mass is 10.1. The Labute approximate surface area is 138 Å². The molecule has 0 bridgehead atoms. The van der Waals surface area contributed by atoms with Gasteiger partial charge in [-0.3, -0.25) is 14.8 Å². The number of hydrogen-bond donors (Lipinski definition) is 1. The quantitative estimate of drug-likeness (QED) is 0.576. The van der Waals surface area contributed by atoms with Crippen LogP contribution in [0, 0.1) is 17.0 Å². The van der Waals surface area contributed by atoms with Gasteiger partial charge < -0.3 is 0 Å². The van der Waals surface area contributed by atoms with E-state index in [1.807, 2.05) is 24.3 Å². The van der Waals surface area contributed by atoms with Crippen molar-refractivity contribution in [3.63, 3.8) is 0 Å². The van der Waals surface area contributed by atoms with Crippen LogP contribution in [-0.4, -0.2) is 13.3 Å². The summed E-state index contributed by atoms with van der Waals surface area (Å²) in [5.74, 6) is 0. The molecule has 122 valence electrons. The molecule has 6 nitrogen and oxygen atoms in total. The van der Waals surface area contributed by atoms with E-state index in [0.29, 0.717) is 5.56 Å². The molecule has 24 heavy (non-hydrogen) atoms. The molecule has 0 amide bonds. The maximum atomic E-state index is 12.6. The maximum absolute atomic E-state index is 12.6. The maximum Gasteiger partial charge on any atom is 0.271 e. The molecular formula is C17H14N2O4S. The first-order valence-electron chi connectivity index (χ1n) is 7.13. The highest BCUT2D eigenvalue weighted by molar-refractivity contribution is 7.92. The molecule has 0 heterocycles. The van der Waals surface area contributed by atoms with Crippen LogP contribution in [0.2, 0.25) is 0 Å². The SMILES string of the molecule is Cc1ccc([N+](=O)[O-])cc1NS(=O)(=O)c1ccc2ccccc2c1. The van der Waals surface area contributed by atoms with Gasteiger partial charge in [-0.2, -0.15) is 0 Å². The topological polar surface area (TPSA) is 89.3 Å². The first-order chi connectivity index (χ1) is 11.4. The zero-order valence-electron chi connectivity index (χ0n) is 12.8. The highest BCUT2D eigenvalue weighted by Crippen LogP contribution is 2.26. The molecule has 0 aliphatic rings. The van der Waals surface area contributed by atoms with Gasteiger partial charge in [-0.1, -0.05) is 36.4 Å². The largest absolute Gasteiger partial charge is 0.279 e. The summed E-state index contributed by atoms with van der Waals surface area (Å²) >= 11 is 0. The van der Waals surface area contributed by atoms with Crippen LogP contribution >= 0.6 is 0 Å². The first kappa shape index (κ1) is 15.9. The normalized spacial score (nSPS) is 11.4. The number of aryl methyl sites for hydroxylation is 1. The van der Waals surface area contributed by atoms with Crippen molar-refractivity contribution >= 4 is 32.2 Å². The Hall–Kier alpha value is -2.93. The van der Waals surface area contributed by atoms with Gasteiger partial charge in [0.1, 0.15) is 0 Å². The molecular weight excluding hydrogens is 328 g/mol. The third-order valence-corrected chi connectivity index (χ3v) is 5.07. The lowest BCUT2D eigenvalue weighted by molar-refractivity contribution is -0.384. The third kappa shape index (κ3) is 3.07. The van der Waals surface area contributed by atoms with Gasteiger partial charge >= 0.3 is 0 Å². The van der Waals surface area contributed by atoms with Crippen LogP contribution in [0.4, 0.5) is 11.4 Å². The van der Waals surface area contributed by atoms with Crippen LogP contribution in [0.1, 0.15) is 5.56 Å². The van der Waals surface area contributed by atoms with Crippen molar-refractivity contribution in [3.05, 3.63) is 76.3 Å². The van der Waals surface area contributed by atoms with E-state index in [1.165, 1.54) is 24.3 Å². The average Bonchev–Trinajstić information content (AvgIpc) is 2.56. The average molecular weight is 342 g/mol. The fraction of sp³-hybridized carbons (Fsp3) is 0.0588. The number of fused-ring (bicyclic) bond motifs is 1. The molecule has 3 aromatic rings. The van der Waals surface area contributed by atoms with Crippen LogP contribution in [-0.2, 0) is 10.0 Å². The predicted octanol–water partition coefficient (Wildman–Crippen LogP) is 3.86. The van der Waals surface area contributed by atoms with Crippen LogP contribution < -0.4 is 4.72 Å². The minimum Gasteiger partial charge on any atom is -0.279 e. The van der Waals surface area contributed by atoms with Crippen LogP contribution in [0.3, 0.4) is 0 Å². The highest BCUT2D eigenvalue weighted by atomic mass is 32.2. The Bertz CT molecular complexity index is 1050. The second-order valence-corrected chi connectivity index (χ2v) is 7.05. The number of sulfonamides is 1. The van der Waals surface area contributed by atoms with Gasteiger partial charge in [0.15, 0.2) is 0 Å². The molecule has 3 rings (SSSR count). The summed E-state index contributed by atoms with van der Waals surface area (Å²) in [6.07, 6.45) is 0. The zero-order valence-corrected chi connectivity index (χ0v) is 13.6. The predicted molar refractivity (Wildman–Crippen MR) is 92.6 cm³/mol. The van der Waals surface area contributed by atoms with Crippen molar-refractivity contribution in [3.8, 4) is 0 Å². The minimum absolute atomic E-state index is 0.104. The molecule has 1 N–H and O–H groups in total. The second-order valence-electron chi connectivity index (χ2n) is 5.37. The molecule has 0 aliphatic heterocycles. The monoisotopic (exact) mass is 342 g/mol. The zero-order chi connectivity index (χ0) is 17.3. The smallest absolute Gasteiger partial charge is 0.271 e. The van der Waals surface area contributed by atoms with Gasteiger partial charge in [0.25, 0.3) is 15.7 Å². The number of nitro benzene ring substituents is 1. The minimum atomic E-state index is -3.84. The molecule has 0 spiro atoms. The van der Waals surface area contributed by atoms with E-state index >= 15 is 0 Å². The fourth-order valence-corrected chi connectivity index (χ4v) is 3.53. The van der Waals surface area contributed by atoms with Crippen molar-refractivity contribution in [2.24, 2.45) is 0 Å². The number of rotatable bonds is 4. The van der Waals surface area contributed by atoms with Crippen molar-refractivity contribution in [1.82, 2.24) is 0 Å². The van der Waals surface area contributed by atoms with E-state index in [1.54, 1.807) is 19.1 Å². The number of anilines is 1. The molecule has 0 unspecified atom stereocenters. The molecule has 0 fully saturated rings. The van der Waals surface area contributed by atoms with Gasteiger partial charge in [-0.25, -0.2) is 8.42 Å². The van der Waals surface area contributed by atoms with Crippen molar-refractivity contribution in [1.29, 1.82) is 0 Å². The van der Waals surface area contributed by atoms with E-state index in [2.05, 4.69) is 4.72 Å². The van der Waals surface area contributed by atoms with Crippen LogP contribution in [0.5, 0.6) is 0 Å². The van der Waals surface area contributed by atoms with Gasteiger partial charge in [-0.05, 0) is 35.4 Å². The Morgan fingerprint density at radius 2 is 1.67 bits per heavy atom. The number of nitrogens with zero attached hydrogens (tertiary/aromatic N) is 1. The van der Waals surface area contributed by atoms with E-state index in [4.69, 9.17) is 0 Å². The van der Waals surface area contributed by atoms with Crippen molar-refractivity contribution in [2.75, 3.05) is 4.72 Å². The Morgan fingerprint density at radius 1 is 0.958 bits per heavy atom. The molecule has 0 radical (unpaired) electrons. The number of benzene rings is 3. The van der Waals surface area contributed by atoms with E-state index in [0.717, 1.165) is 10.8 Å². The Kier molecular flexibility index (Phi) is 3.94. The lowest BCUT2D eigenvalue weighted by Crippen LogP contribution is -2.14. The standard InChI is InChI=1S/C17H14N2O4S/c1-12-6-8-15(19(20)21)11-17(12)18-24(22,23)16-9-7-13-4-2-3-5-14(13)10-16/h2-11,18H,1H3. The fourth-order valence-electron chi connectivity index (χ4n) is 2.37. The summed E-state index contributed by atoms with van der Waals surface area (Å²) in [6, 6.07) is 16.3. The number of nitro groups is 1. The molecule has 7 heteroatoms. The van der Waals surface area contributed by atoms with E-state index < -0.39 is 14.9 Å². The van der Waals surface area contributed by atoms with Gasteiger partial charge in [-0.15, -0.1) is 0 Å². The molecule has 3 aromatic carbocycles. The molecule has 0 aliphatic carbocycles. The number of hydrogen-bond acceptors (Lipinski definition) is 4. The summed E-state index contributed by atoms with van der Waals surface area (Å²) in [5.41, 5.74) is 0.624.